The van der Waals surface area contributed by atoms with E-state index in [1.807, 2.05) is 0 Å². The van der Waals surface area contributed by atoms with Crippen molar-refractivity contribution in [1.29, 1.82) is 0 Å². The molecule has 1 aliphatic heterocycles. The summed E-state index contributed by atoms with van der Waals surface area (Å²) in [5.74, 6) is 0. The summed E-state index contributed by atoms with van der Waals surface area (Å²) in [6.45, 7) is 12.3. The van der Waals surface area contributed by atoms with Crippen molar-refractivity contribution in [2.45, 2.75) is 32.2 Å². The van der Waals surface area contributed by atoms with Crippen LogP contribution in [0.1, 0.15) is 26.7 Å². The summed E-state index contributed by atoms with van der Waals surface area (Å²) in [5.41, 5.74) is 0.248. The largest absolute Gasteiger partial charge is 0.315 e. The lowest BCUT2D eigenvalue weighted by atomic mass is 10.0. The zero-order chi connectivity index (χ0) is 12.6. The molecule has 1 aliphatic rings. The summed E-state index contributed by atoms with van der Waals surface area (Å²) in [4.78, 5) is 2.47. The van der Waals surface area contributed by atoms with Crippen LogP contribution in [0, 0.1) is 0 Å². The number of nitrogens with zero attached hydrogens (tertiary/aromatic N) is 1. The lowest BCUT2D eigenvalue weighted by Crippen LogP contribution is -2.50. The van der Waals surface area contributed by atoms with E-state index in [-0.39, 0.29) is 5.54 Å². The molecule has 1 heterocycles. The average molecular weight is 242 g/mol. The van der Waals surface area contributed by atoms with Crippen molar-refractivity contribution in [3.63, 3.8) is 0 Å². The first-order valence-corrected chi connectivity index (χ1v) is 6.96. The Balaban J connectivity index is 2.34. The molecule has 0 amide bonds. The quantitative estimate of drug-likeness (QED) is 0.570. The number of hydrogen-bond donors (Lipinski definition) is 3. The Morgan fingerprint density at radius 3 is 2.12 bits per heavy atom. The van der Waals surface area contributed by atoms with E-state index < -0.39 is 0 Å². The number of hydrogen-bond acceptors (Lipinski definition) is 4. The molecule has 0 radical (unpaired) electrons. The summed E-state index contributed by atoms with van der Waals surface area (Å²) in [5, 5.41) is 10.4. The first-order valence-electron chi connectivity index (χ1n) is 6.96. The molecule has 0 saturated carbocycles. The number of likely N-dealkylation sites (N-methyl/N-ethyl adjacent to an activating group) is 1. The van der Waals surface area contributed by atoms with Crippen molar-refractivity contribution in [3.8, 4) is 0 Å². The highest BCUT2D eigenvalue weighted by Crippen LogP contribution is 2.11. The number of nitrogens with one attached hydrogen (secondary N) is 3. The van der Waals surface area contributed by atoms with Gasteiger partial charge in [-0.1, -0.05) is 0 Å². The van der Waals surface area contributed by atoms with Crippen LogP contribution in [0.5, 0.6) is 0 Å². The van der Waals surface area contributed by atoms with Gasteiger partial charge in [0.25, 0.3) is 0 Å². The first kappa shape index (κ1) is 14.9. The molecule has 0 spiro atoms. The molecule has 4 heteroatoms. The van der Waals surface area contributed by atoms with Crippen molar-refractivity contribution in [2.75, 3.05) is 52.9 Å². The van der Waals surface area contributed by atoms with Gasteiger partial charge in [-0.15, -0.1) is 0 Å². The predicted molar refractivity (Wildman–Crippen MR) is 74.6 cm³/mol. The molecule has 1 rings (SSSR count). The van der Waals surface area contributed by atoms with Crippen LogP contribution in [0.2, 0.25) is 0 Å². The van der Waals surface area contributed by atoms with Crippen LogP contribution in [0.25, 0.3) is 0 Å². The van der Waals surface area contributed by atoms with E-state index >= 15 is 0 Å². The van der Waals surface area contributed by atoms with Crippen LogP contribution in [0.15, 0.2) is 0 Å². The number of rotatable bonds is 0. The van der Waals surface area contributed by atoms with Gasteiger partial charge in [0.15, 0.2) is 0 Å². The van der Waals surface area contributed by atoms with Gasteiger partial charge in [0.1, 0.15) is 0 Å². The Hall–Kier alpha value is -0.160. The fraction of sp³-hybridized carbons (Fsp3) is 1.00. The third kappa shape index (κ3) is 6.36. The summed E-state index contributed by atoms with van der Waals surface area (Å²) in [7, 11) is 2.24. The molecule has 0 aromatic heterocycles. The highest BCUT2D eigenvalue weighted by molar-refractivity contribution is 4.82. The molecule has 0 aromatic rings. The molecular formula is C13H30N4. The fourth-order valence-electron chi connectivity index (χ4n) is 2.03. The molecule has 3 N–H and O–H groups in total. The monoisotopic (exact) mass is 242 g/mol. The van der Waals surface area contributed by atoms with Gasteiger partial charge in [-0.05, 0) is 46.8 Å². The summed E-state index contributed by atoms with van der Waals surface area (Å²) >= 11 is 0. The van der Waals surface area contributed by atoms with Crippen LogP contribution in [0.4, 0.5) is 0 Å². The first-order chi connectivity index (χ1) is 8.13. The Bertz CT molecular complexity index is 194. The molecule has 0 aromatic carbocycles. The van der Waals surface area contributed by atoms with Gasteiger partial charge in [0, 0.05) is 38.3 Å². The van der Waals surface area contributed by atoms with Crippen molar-refractivity contribution < 1.29 is 0 Å². The predicted octanol–water partition coefficient (Wildman–Crippen LogP) is 0.259. The minimum absolute atomic E-state index is 0.248. The Kier molecular flexibility index (Phi) is 7.04. The second kappa shape index (κ2) is 8.03. The van der Waals surface area contributed by atoms with Gasteiger partial charge < -0.3 is 16.0 Å². The molecule has 0 unspecified atom stereocenters. The van der Waals surface area contributed by atoms with Gasteiger partial charge >= 0.3 is 0 Å². The standard InChI is InChI=1S/C13H30N4/c1-13(2)12-16-10-9-15-8-7-14-6-4-5-11-17(13)3/h14-16H,4-12H2,1-3H3. The molecule has 17 heavy (non-hydrogen) atoms. The van der Waals surface area contributed by atoms with Crippen LogP contribution >= 0.6 is 0 Å². The van der Waals surface area contributed by atoms with Gasteiger partial charge in [-0.3, -0.25) is 4.90 Å². The fourth-order valence-corrected chi connectivity index (χ4v) is 2.03. The maximum absolute atomic E-state index is 3.54. The summed E-state index contributed by atoms with van der Waals surface area (Å²) in [6, 6.07) is 0. The molecule has 4 nitrogen and oxygen atoms in total. The maximum atomic E-state index is 3.54. The van der Waals surface area contributed by atoms with E-state index in [0.717, 1.165) is 39.3 Å². The zero-order valence-corrected chi connectivity index (χ0v) is 11.8. The van der Waals surface area contributed by atoms with Gasteiger partial charge in [-0.25, -0.2) is 0 Å². The molecule has 0 bridgehead atoms. The SMILES string of the molecule is CN1CCCCNCCNCCNCC1(C)C. The highest BCUT2D eigenvalue weighted by atomic mass is 15.2. The van der Waals surface area contributed by atoms with Crippen molar-refractivity contribution in [1.82, 2.24) is 20.9 Å². The molecule has 1 fully saturated rings. The summed E-state index contributed by atoms with van der Waals surface area (Å²) in [6.07, 6.45) is 2.55. The van der Waals surface area contributed by atoms with Crippen LogP contribution in [-0.4, -0.2) is 63.3 Å². The molecule has 1 saturated heterocycles. The van der Waals surface area contributed by atoms with Crippen molar-refractivity contribution in [2.24, 2.45) is 0 Å². The van der Waals surface area contributed by atoms with Gasteiger partial charge in [0.05, 0.1) is 0 Å². The van der Waals surface area contributed by atoms with Gasteiger partial charge in [-0.2, -0.15) is 0 Å². The molecule has 0 aliphatic carbocycles. The van der Waals surface area contributed by atoms with Gasteiger partial charge in [0.2, 0.25) is 0 Å². The van der Waals surface area contributed by atoms with E-state index in [1.54, 1.807) is 0 Å². The van der Waals surface area contributed by atoms with E-state index in [4.69, 9.17) is 0 Å². The normalized spacial score (nSPS) is 26.3. The second-order valence-electron chi connectivity index (χ2n) is 5.62. The minimum atomic E-state index is 0.248. The lowest BCUT2D eigenvalue weighted by molar-refractivity contribution is 0.150. The molecule has 102 valence electrons. The van der Waals surface area contributed by atoms with E-state index in [1.165, 1.54) is 19.4 Å². The molecule has 0 atom stereocenters. The van der Waals surface area contributed by atoms with Crippen molar-refractivity contribution in [3.05, 3.63) is 0 Å². The maximum Gasteiger partial charge on any atom is 0.0274 e. The minimum Gasteiger partial charge on any atom is -0.315 e. The van der Waals surface area contributed by atoms with Crippen LogP contribution in [-0.2, 0) is 0 Å². The van der Waals surface area contributed by atoms with E-state index in [2.05, 4.69) is 41.7 Å². The molecular weight excluding hydrogens is 212 g/mol. The van der Waals surface area contributed by atoms with Crippen LogP contribution in [0.3, 0.4) is 0 Å². The Morgan fingerprint density at radius 1 is 0.824 bits per heavy atom. The topological polar surface area (TPSA) is 39.3 Å². The lowest BCUT2D eigenvalue weighted by Gasteiger charge is -2.36. The van der Waals surface area contributed by atoms with Crippen LogP contribution < -0.4 is 16.0 Å². The third-order valence-electron chi connectivity index (χ3n) is 3.65. The zero-order valence-electron chi connectivity index (χ0n) is 11.8. The second-order valence-corrected chi connectivity index (χ2v) is 5.62. The van der Waals surface area contributed by atoms with E-state index in [9.17, 15) is 0 Å². The van der Waals surface area contributed by atoms with E-state index in [0.29, 0.717) is 0 Å². The Morgan fingerprint density at radius 2 is 1.41 bits per heavy atom. The Labute approximate surface area is 107 Å². The smallest absolute Gasteiger partial charge is 0.0274 e. The van der Waals surface area contributed by atoms with Crippen molar-refractivity contribution >= 4 is 0 Å². The average Bonchev–Trinajstić information content (AvgIpc) is 2.29. The summed E-state index contributed by atoms with van der Waals surface area (Å²) < 4.78 is 0. The third-order valence-corrected chi connectivity index (χ3v) is 3.65. The highest BCUT2D eigenvalue weighted by Gasteiger charge is 2.22.